The molecule has 2 aromatic rings. The lowest BCUT2D eigenvalue weighted by Gasteiger charge is -2.09. The summed E-state index contributed by atoms with van der Waals surface area (Å²) in [5.41, 5.74) is 3.27. The highest BCUT2D eigenvalue weighted by Gasteiger charge is 2.14. The predicted octanol–water partition coefficient (Wildman–Crippen LogP) is 2.28. The fourth-order valence-electron chi connectivity index (χ4n) is 1.55. The molecule has 1 heterocycles. The minimum Gasteiger partial charge on any atom is -0.197 e. The van der Waals surface area contributed by atoms with Gasteiger partial charge in [0.1, 0.15) is 0 Å². The molecule has 0 saturated heterocycles. The van der Waals surface area contributed by atoms with E-state index in [0.717, 1.165) is 11.3 Å². The molecule has 1 aromatic carbocycles. The van der Waals surface area contributed by atoms with Crippen molar-refractivity contribution in [3.8, 4) is 11.8 Å². The average molecular weight is 259 g/mol. The second-order valence-corrected chi connectivity index (χ2v) is 5.29. The van der Waals surface area contributed by atoms with Crippen LogP contribution in [0.1, 0.15) is 18.1 Å². The molecule has 0 spiro atoms. The van der Waals surface area contributed by atoms with E-state index in [1.165, 1.54) is 17.3 Å². The number of benzene rings is 1. The Kier molecular flexibility index (Phi) is 3.63. The van der Waals surface area contributed by atoms with Gasteiger partial charge in [0.2, 0.25) is 5.16 Å². The topological polar surface area (TPSA) is 67.4 Å². The Hall–Kier alpha value is -1.87. The van der Waals surface area contributed by atoms with Gasteiger partial charge in [-0.25, -0.2) is 0 Å². The number of nitriles is 1. The van der Waals surface area contributed by atoms with Gasteiger partial charge in [-0.15, -0.1) is 5.10 Å². The Labute approximate surface area is 110 Å². The standard InChI is InChI=1S/C12H13N5S/c1-8-5-4-6-11(10(8)3)17-12(14-15-16-17)18-9(2)7-13/h4-6,9H,1-3H3. The maximum Gasteiger partial charge on any atom is 0.215 e. The molecule has 0 N–H and O–H groups in total. The molecular weight excluding hydrogens is 246 g/mol. The number of aromatic nitrogens is 4. The van der Waals surface area contributed by atoms with Crippen LogP contribution in [-0.4, -0.2) is 25.5 Å². The van der Waals surface area contributed by atoms with Crippen molar-refractivity contribution in [2.75, 3.05) is 0 Å². The van der Waals surface area contributed by atoms with Crippen molar-refractivity contribution in [3.05, 3.63) is 29.3 Å². The quantitative estimate of drug-likeness (QED) is 0.791. The highest BCUT2D eigenvalue weighted by molar-refractivity contribution is 8.00. The Morgan fingerprint density at radius 3 is 2.89 bits per heavy atom. The first-order valence-corrected chi connectivity index (χ1v) is 6.42. The molecular formula is C12H13N5S. The molecule has 0 fully saturated rings. The Balaban J connectivity index is 2.43. The van der Waals surface area contributed by atoms with Gasteiger partial charge in [0.05, 0.1) is 17.0 Å². The lowest BCUT2D eigenvalue weighted by Crippen LogP contribution is -2.04. The largest absolute Gasteiger partial charge is 0.215 e. The molecule has 2 rings (SSSR count). The van der Waals surface area contributed by atoms with E-state index in [2.05, 4.69) is 21.6 Å². The lowest BCUT2D eigenvalue weighted by molar-refractivity contribution is 0.750. The molecule has 6 heteroatoms. The van der Waals surface area contributed by atoms with Crippen LogP contribution in [-0.2, 0) is 0 Å². The summed E-state index contributed by atoms with van der Waals surface area (Å²) < 4.78 is 1.68. The fraction of sp³-hybridized carbons (Fsp3) is 0.333. The third kappa shape index (κ3) is 2.36. The number of hydrogen-bond acceptors (Lipinski definition) is 5. The first-order chi connectivity index (χ1) is 8.63. The summed E-state index contributed by atoms with van der Waals surface area (Å²) in [4.78, 5) is 0. The van der Waals surface area contributed by atoms with E-state index < -0.39 is 0 Å². The van der Waals surface area contributed by atoms with Crippen molar-refractivity contribution in [2.45, 2.75) is 31.2 Å². The monoisotopic (exact) mass is 259 g/mol. The van der Waals surface area contributed by atoms with Crippen LogP contribution >= 0.6 is 11.8 Å². The van der Waals surface area contributed by atoms with E-state index in [1.807, 2.05) is 39.0 Å². The summed E-state index contributed by atoms with van der Waals surface area (Å²) in [6.07, 6.45) is 0. The summed E-state index contributed by atoms with van der Waals surface area (Å²) in [5, 5.41) is 21.0. The van der Waals surface area contributed by atoms with E-state index in [0.29, 0.717) is 5.16 Å². The van der Waals surface area contributed by atoms with Gasteiger partial charge >= 0.3 is 0 Å². The van der Waals surface area contributed by atoms with Gasteiger partial charge in [-0.2, -0.15) is 9.94 Å². The average Bonchev–Trinajstić information content (AvgIpc) is 2.80. The second kappa shape index (κ2) is 5.19. The number of tetrazole rings is 1. The molecule has 0 aliphatic heterocycles. The summed E-state index contributed by atoms with van der Waals surface area (Å²) >= 11 is 1.35. The maximum atomic E-state index is 8.85. The van der Waals surface area contributed by atoms with Crippen molar-refractivity contribution in [1.29, 1.82) is 5.26 Å². The van der Waals surface area contributed by atoms with Gasteiger partial charge < -0.3 is 0 Å². The molecule has 1 unspecified atom stereocenters. The van der Waals surface area contributed by atoms with Gasteiger partial charge in [0.15, 0.2) is 0 Å². The van der Waals surface area contributed by atoms with E-state index in [-0.39, 0.29) is 5.25 Å². The van der Waals surface area contributed by atoms with Crippen molar-refractivity contribution in [2.24, 2.45) is 0 Å². The molecule has 0 aliphatic carbocycles. The summed E-state index contributed by atoms with van der Waals surface area (Å²) in [6.45, 7) is 5.91. The zero-order valence-electron chi connectivity index (χ0n) is 10.5. The van der Waals surface area contributed by atoms with Crippen molar-refractivity contribution >= 4 is 11.8 Å². The molecule has 1 aromatic heterocycles. The third-order valence-corrected chi connectivity index (χ3v) is 3.63. The number of rotatable bonds is 3. The lowest BCUT2D eigenvalue weighted by atomic mass is 10.1. The van der Waals surface area contributed by atoms with Crippen LogP contribution in [0.4, 0.5) is 0 Å². The number of hydrogen-bond donors (Lipinski definition) is 0. The smallest absolute Gasteiger partial charge is 0.197 e. The molecule has 92 valence electrons. The summed E-state index contributed by atoms with van der Waals surface area (Å²) in [5.74, 6) is 0. The molecule has 0 bridgehead atoms. The van der Waals surface area contributed by atoms with E-state index in [4.69, 9.17) is 5.26 Å². The Bertz CT molecular complexity index is 599. The van der Waals surface area contributed by atoms with Gasteiger partial charge in [0, 0.05) is 0 Å². The van der Waals surface area contributed by atoms with Crippen LogP contribution in [0.15, 0.2) is 23.4 Å². The van der Waals surface area contributed by atoms with Crippen LogP contribution in [0, 0.1) is 25.2 Å². The van der Waals surface area contributed by atoms with Gasteiger partial charge in [0.25, 0.3) is 0 Å². The van der Waals surface area contributed by atoms with Gasteiger partial charge in [-0.3, -0.25) is 0 Å². The number of thioether (sulfide) groups is 1. The first kappa shape index (κ1) is 12.6. The van der Waals surface area contributed by atoms with E-state index >= 15 is 0 Å². The van der Waals surface area contributed by atoms with Crippen molar-refractivity contribution in [1.82, 2.24) is 20.2 Å². The normalized spacial score (nSPS) is 12.1. The molecule has 18 heavy (non-hydrogen) atoms. The highest BCUT2D eigenvalue weighted by atomic mass is 32.2. The zero-order chi connectivity index (χ0) is 13.1. The van der Waals surface area contributed by atoms with Crippen LogP contribution in [0.5, 0.6) is 0 Å². The van der Waals surface area contributed by atoms with Crippen molar-refractivity contribution < 1.29 is 0 Å². The Morgan fingerprint density at radius 1 is 1.39 bits per heavy atom. The molecule has 0 amide bonds. The van der Waals surface area contributed by atoms with Crippen LogP contribution < -0.4 is 0 Å². The maximum absolute atomic E-state index is 8.85. The molecule has 0 saturated carbocycles. The van der Waals surface area contributed by atoms with Crippen LogP contribution in [0.3, 0.4) is 0 Å². The number of nitrogens with zero attached hydrogens (tertiary/aromatic N) is 5. The second-order valence-electron chi connectivity index (χ2n) is 3.98. The summed E-state index contributed by atoms with van der Waals surface area (Å²) in [6, 6.07) is 8.16. The van der Waals surface area contributed by atoms with E-state index in [1.54, 1.807) is 4.68 Å². The fourth-order valence-corrected chi connectivity index (χ4v) is 2.24. The van der Waals surface area contributed by atoms with Crippen molar-refractivity contribution in [3.63, 3.8) is 0 Å². The Morgan fingerprint density at radius 2 is 2.17 bits per heavy atom. The minimum absolute atomic E-state index is 0.181. The van der Waals surface area contributed by atoms with Gasteiger partial charge in [-0.1, -0.05) is 23.9 Å². The molecule has 0 radical (unpaired) electrons. The zero-order valence-corrected chi connectivity index (χ0v) is 11.3. The number of aryl methyl sites for hydroxylation is 1. The molecule has 5 nitrogen and oxygen atoms in total. The summed E-state index contributed by atoms with van der Waals surface area (Å²) in [7, 11) is 0. The molecule has 0 aliphatic rings. The van der Waals surface area contributed by atoms with Gasteiger partial charge in [-0.05, 0) is 48.4 Å². The highest BCUT2D eigenvalue weighted by Crippen LogP contribution is 2.24. The van der Waals surface area contributed by atoms with Crippen LogP contribution in [0.2, 0.25) is 0 Å². The minimum atomic E-state index is -0.181. The van der Waals surface area contributed by atoms with Crippen LogP contribution in [0.25, 0.3) is 5.69 Å². The third-order valence-electron chi connectivity index (χ3n) is 2.71. The first-order valence-electron chi connectivity index (χ1n) is 5.54. The SMILES string of the molecule is Cc1cccc(-n2nnnc2SC(C)C#N)c1C. The van der Waals surface area contributed by atoms with E-state index in [9.17, 15) is 0 Å². The predicted molar refractivity (Wildman–Crippen MR) is 69.6 cm³/mol. The molecule has 1 atom stereocenters.